The number of amides is 1. The molecule has 4 aromatic rings. The molecule has 37 heavy (non-hydrogen) atoms. The number of methoxy groups -OCH3 is 2. The van der Waals surface area contributed by atoms with Gasteiger partial charge in [-0.3, -0.25) is 14.9 Å². The molecular weight excluding hydrogens is 500 g/mol. The number of nitro groups is 1. The summed E-state index contributed by atoms with van der Waals surface area (Å²) in [5.41, 5.74) is 0.615. The number of fused-ring (bicyclic) bond motifs is 1. The van der Waals surface area contributed by atoms with Crippen molar-refractivity contribution in [1.29, 1.82) is 0 Å². The van der Waals surface area contributed by atoms with Crippen molar-refractivity contribution in [1.82, 2.24) is 0 Å². The monoisotopic (exact) mass is 520 g/mol. The highest BCUT2D eigenvalue weighted by Gasteiger charge is 2.21. The van der Waals surface area contributed by atoms with E-state index < -0.39 is 16.6 Å². The van der Waals surface area contributed by atoms with Gasteiger partial charge in [-0.05, 0) is 30.0 Å². The summed E-state index contributed by atoms with van der Waals surface area (Å²) in [6.07, 6.45) is 0. The minimum Gasteiger partial charge on any atom is -0.505 e. The number of anilines is 1. The molecule has 0 unspecified atom stereocenters. The number of halogens is 1. The number of azo groups is 1. The van der Waals surface area contributed by atoms with Crippen LogP contribution in [-0.2, 0) is 0 Å². The smallest absolute Gasteiger partial charge is 0.296 e. The highest BCUT2D eigenvalue weighted by Crippen LogP contribution is 2.41. The summed E-state index contributed by atoms with van der Waals surface area (Å²) < 4.78 is 10.5. The topological polar surface area (TPSA) is 136 Å². The van der Waals surface area contributed by atoms with Crippen LogP contribution in [-0.4, -0.2) is 30.2 Å². The maximum atomic E-state index is 13.3. The zero-order valence-electron chi connectivity index (χ0n) is 20.0. The molecule has 4 aromatic carbocycles. The van der Waals surface area contributed by atoms with E-state index in [1.807, 2.05) is 0 Å². The van der Waals surface area contributed by atoms with Crippen molar-refractivity contribution in [3.8, 4) is 17.2 Å². The lowest BCUT2D eigenvalue weighted by molar-refractivity contribution is -0.384. The second-order valence-electron chi connectivity index (χ2n) is 7.93. The molecule has 0 heterocycles. The van der Waals surface area contributed by atoms with Gasteiger partial charge < -0.3 is 19.9 Å². The molecule has 10 nitrogen and oxygen atoms in total. The van der Waals surface area contributed by atoms with Crippen molar-refractivity contribution < 1.29 is 24.3 Å². The SMILES string of the molecule is COc1cc(NC(=O)c2cc3ccccc3c(N=Nc3ccc(C)cc3[N+](=O)[O-])c2O)c(OC)cc1Cl. The number of nitro benzene ring substituents is 1. The third-order valence-electron chi connectivity index (χ3n) is 5.55. The molecule has 4 rings (SSSR count). The number of phenols is 1. The first kappa shape index (κ1) is 25.4. The quantitative estimate of drug-likeness (QED) is 0.151. The van der Waals surface area contributed by atoms with Crippen LogP contribution in [0.25, 0.3) is 10.8 Å². The Morgan fingerprint density at radius 3 is 2.46 bits per heavy atom. The molecule has 0 aliphatic rings. The second kappa shape index (κ2) is 10.5. The highest BCUT2D eigenvalue weighted by atomic mass is 35.5. The zero-order chi connectivity index (χ0) is 26.7. The van der Waals surface area contributed by atoms with E-state index in [-0.39, 0.29) is 34.1 Å². The van der Waals surface area contributed by atoms with Crippen LogP contribution in [0.5, 0.6) is 17.2 Å². The molecule has 0 aromatic heterocycles. The molecule has 11 heteroatoms. The van der Waals surface area contributed by atoms with E-state index >= 15 is 0 Å². The van der Waals surface area contributed by atoms with Gasteiger partial charge in [-0.15, -0.1) is 10.2 Å². The number of rotatable bonds is 7. The van der Waals surface area contributed by atoms with Crippen LogP contribution in [0.4, 0.5) is 22.7 Å². The lowest BCUT2D eigenvalue weighted by Crippen LogP contribution is -2.13. The predicted molar refractivity (Wildman–Crippen MR) is 140 cm³/mol. The van der Waals surface area contributed by atoms with Crippen LogP contribution in [0.1, 0.15) is 15.9 Å². The Morgan fingerprint density at radius 1 is 1.03 bits per heavy atom. The van der Waals surface area contributed by atoms with E-state index in [4.69, 9.17) is 21.1 Å². The minimum atomic E-state index is -0.663. The van der Waals surface area contributed by atoms with Gasteiger partial charge in [-0.25, -0.2) is 0 Å². The summed E-state index contributed by atoms with van der Waals surface area (Å²) in [6.45, 7) is 1.72. The number of benzene rings is 4. The lowest BCUT2D eigenvalue weighted by Gasteiger charge is -2.14. The second-order valence-corrected chi connectivity index (χ2v) is 8.34. The summed E-state index contributed by atoms with van der Waals surface area (Å²) in [4.78, 5) is 24.2. The zero-order valence-corrected chi connectivity index (χ0v) is 20.7. The number of hydrogen-bond donors (Lipinski definition) is 2. The van der Waals surface area contributed by atoms with Gasteiger partial charge in [0.25, 0.3) is 11.6 Å². The number of hydrogen-bond acceptors (Lipinski definition) is 8. The van der Waals surface area contributed by atoms with Crippen molar-refractivity contribution in [2.24, 2.45) is 10.2 Å². The standard InChI is InChI=1S/C26H21ClN4O6/c1-14-8-9-19(21(10-14)31(34)35)29-30-24-16-7-5-4-6-15(16)11-17(25(24)32)26(33)28-20-13-22(36-2)18(27)12-23(20)37-3/h4-13,32H,1-3H3,(H,28,33). The summed E-state index contributed by atoms with van der Waals surface area (Å²) in [5.74, 6) is -0.515. The third-order valence-corrected chi connectivity index (χ3v) is 5.84. The number of ether oxygens (including phenoxy) is 2. The number of aromatic hydroxyl groups is 1. The van der Waals surface area contributed by atoms with Crippen LogP contribution < -0.4 is 14.8 Å². The summed E-state index contributed by atoms with van der Waals surface area (Å²) >= 11 is 6.15. The Kier molecular flexibility index (Phi) is 7.21. The molecule has 0 aliphatic heterocycles. The Hall–Kier alpha value is -4.70. The van der Waals surface area contributed by atoms with Gasteiger partial charge in [0.1, 0.15) is 17.2 Å². The third kappa shape index (κ3) is 5.14. The van der Waals surface area contributed by atoms with Gasteiger partial charge in [0.05, 0.1) is 35.4 Å². The summed E-state index contributed by atoms with van der Waals surface area (Å²) in [5, 5.41) is 34.8. The molecule has 0 bridgehead atoms. The van der Waals surface area contributed by atoms with Crippen LogP contribution in [0, 0.1) is 17.0 Å². The van der Waals surface area contributed by atoms with Crippen molar-refractivity contribution in [2.45, 2.75) is 6.92 Å². The van der Waals surface area contributed by atoms with Crippen LogP contribution in [0.15, 0.2) is 70.9 Å². The molecule has 0 radical (unpaired) electrons. The van der Waals surface area contributed by atoms with E-state index in [0.717, 1.165) is 0 Å². The molecule has 0 spiro atoms. The van der Waals surface area contributed by atoms with E-state index in [9.17, 15) is 20.0 Å². The maximum Gasteiger partial charge on any atom is 0.296 e. The van der Waals surface area contributed by atoms with Crippen molar-refractivity contribution >= 4 is 51.0 Å². The fourth-order valence-corrected chi connectivity index (χ4v) is 3.94. The molecule has 0 saturated heterocycles. The molecule has 0 atom stereocenters. The van der Waals surface area contributed by atoms with Gasteiger partial charge in [0.15, 0.2) is 11.4 Å². The van der Waals surface area contributed by atoms with Crippen LogP contribution >= 0.6 is 11.6 Å². The van der Waals surface area contributed by atoms with Crippen molar-refractivity contribution in [2.75, 3.05) is 19.5 Å². The molecule has 0 fully saturated rings. The molecule has 0 saturated carbocycles. The molecule has 0 aliphatic carbocycles. The first-order valence-electron chi connectivity index (χ1n) is 10.9. The van der Waals surface area contributed by atoms with Crippen LogP contribution in [0.2, 0.25) is 5.02 Å². The number of nitrogens with one attached hydrogen (secondary N) is 1. The largest absolute Gasteiger partial charge is 0.505 e. The van der Waals surface area contributed by atoms with E-state index in [0.29, 0.717) is 27.1 Å². The average Bonchev–Trinajstić information content (AvgIpc) is 2.88. The van der Waals surface area contributed by atoms with Crippen molar-refractivity contribution in [3.63, 3.8) is 0 Å². The Morgan fingerprint density at radius 2 is 1.76 bits per heavy atom. The number of aryl methyl sites for hydroxylation is 1. The van der Waals surface area contributed by atoms with Crippen molar-refractivity contribution in [3.05, 3.63) is 86.9 Å². The van der Waals surface area contributed by atoms with Gasteiger partial charge in [-0.2, -0.15) is 0 Å². The maximum absolute atomic E-state index is 13.3. The minimum absolute atomic E-state index is 0.00642. The normalized spacial score (nSPS) is 11.0. The Balaban J connectivity index is 1.80. The summed E-state index contributed by atoms with van der Waals surface area (Å²) in [6, 6.07) is 15.9. The van der Waals surface area contributed by atoms with E-state index in [1.54, 1.807) is 37.3 Å². The first-order chi connectivity index (χ1) is 17.7. The molecular formula is C26H21ClN4O6. The Bertz CT molecular complexity index is 1570. The fourth-order valence-electron chi connectivity index (χ4n) is 3.71. The predicted octanol–water partition coefficient (Wildman–Crippen LogP) is 7.10. The van der Waals surface area contributed by atoms with E-state index in [2.05, 4.69) is 15.5 Å². The number of carbonyl (C=O) groups excluding carboxylic acids is 1. The highest BCUT2D eigenvalue weighted by molar-refractivity contribution is 6.32. The van der Waals surface area contributed by atoms with E-state index in [1.165, 1.54) is 44.6 Å². The van der Waals surface area contributed by atoms with Gasteiger partial charge >= 0.3 is 0 Å². The van der Waals surface area contributed by atoms with Gasteiger partial charge in [0, 0.05) is 23.6 Å². The molecule has 188 valence electrons. The lowest BCUT2D eigenvalue weighted by atomic mass is 10.0. The van der Waals surface area contributed by atoms with Gasteiger partial charge in [-0.1, -0.05) is 41.9 Å². The molecule has 1 amide bonds. The van der Waals surface area contributed by atoms with Gasteiger partial charge in [0.2, 0.25) is 0 Å². The number of phenolic OH excluding ortho intramolecular Hbond substituents is 1. The summed E-state index contributed by atoms with van der Waals surface area (Å²) in [7, 11) is 2.86. The molecule has 2 N–H and O–H groups in total. The Labute approximate surface area is 216 Å². The van der Waals surface area contributed by atoms with Crippen LogP contribution in [0.3, 0.4) is 0 Å². The number of carbonyl (C=O) groups is 1. The first-order valence-corrected chi connectivity index (χ1v) is 11.3. The average molecular weight is 521 g/mol. The fraction of sp³-hybridized carbons (Fsp3) is 0.115. The number of nitrogens with zero attached hydrogens (tertiary/aromatic N) is 3.